The molecule has 1 aromatic carbocycles. The number of halogens is 1. The Bertz CT molecular complexity index is 584. The van der Waals surface area contributed by atoms with Gasteiger partial charge in [-0.25, -0.2) is 4.98 Å². The number of carbonyl (C=O) groups excluding carboxylic acids is 1. The minimum Gasteiger partial charge on any atom is -0.493 e. The zero-order valence-corrected chi connectivity index (χ0v) is 9.99. The van der Waals surface area contributed by atoms with Gasteiger partial charge in [-0.05, 0) is 19.1 Å². The first-order valence-electron chi connectivity index (χ1n) is 5.15. The molecule has 1 amide bonds. The van der Waals surface area contributed by atoms with Crippen LogP contribution in [0.1, 0.15) is 17.4 Å². The fourth-order valence-electron chi connectivity index (χ4n) is 1.58. The second-order valence-electron chi connectivity index (χ2n) is 3.44. The Morgan fingerprint density at radius 3 is 2.94 bits per heavy atom. The lowest BCUT2D eigenvalue weighted by Gasteiger charge is -2.09. The van der Waals surface area contributed by atoms with Gasteiger partial charge in [0.2, 0.25) is 0 Å². The van der Waals surface area contributed by atoms with Crippen molar-refractivity contribution in [3.63, 3.8) is 0 Å². The number of para-hydroxylation sites is 1. The average molecular weight is 251 g/mol. The van der Waals surface area contributed by atoms with E-state index in [0.29, 0.717) is 22.9 Å². The lowest BCUT2D eigenvalue weighted by atomic mass is 10.1. The fraction of sp³-hybridized carbons (Fsp3) is 0.167. The molecular formula is C12H11ClN2O2. The SMILES string of the molecule is CCOc1cc(C(N)=O)nc2c(Cl)cccc12. The van der Waals surface area contributed by atoms with Gasteiger partial charge in [0.1, 0.15) is 11.4 Å². The van der Waals surface area contributed by atoms with Crippen LogP contribution in [-0.4, -0.2) is 17.5 Å². The molecule has 4 nitrogen and oxygen atoms in total. The van der Waals surface area contributed by atoms with Crippen LogP contribution in [0.15, 0.2) is 24.3 Å². The smallest absolute Gasteiger partial charge is 0.267 e. The van der Waals surface area contributed by atoms with E-state index >= 15 is 0 Å². The van der Waals surface area contributed by atoms with Crippen LogP contribution in [0, 0.1) is 0 Å². The number of carbonyl (C=O) groups is 1. The first kappa shape index (κ1) is 11.7. The lowest BCUT2D eigenvalue weighted by molar-refractivity contribution is 0.0995. The number of primary amides is 1. The summed E-state index contributed by atoms with van der Waals surface area (Å²) in [7, 11) is 0. The van der Waals surface area contributed by atoms with Crippen molar-refractivity contribution in [1.82, 2.24) is 4.98 Å². The summed E-state index contributed by atoms with van der Waals surface area (Å²) in [6.07, 6.45) is 0. The van der Waals surface area contributed by atoms with Crippen LogP contribution in [0.25, 0.3) is 10.9 Å². The number of fused-ring (bicyclic) bond motifs is 1. The predicted molar refractivity (Wildman–Crippen MR) is 66.4 cm³/mol. The molecule has 0 unspecified atom stereocenters. The van der Waals surface area contributed by atoms with Crippen LogP contribution < -0.4 is 10.5 Å². The molecule has 0 aliphatic carbocycles. The van der Waals surface area contributed by atoms with Crippen LogP contribution in [0.2, 0.25) is 5.02 Å². The summed E-state index contributed by atoms with van der Waals surface area (Å²) in [5.74, 6) is -0.0402. The van der Waals surface area contributed by atoms with E-state index in [-0.39, 0.29) is 5.69 Å². The van der Waals surface area contributed by atoms with Gasteiger partial charge in [-0.15, -0.1) is 0 Å². The number of aromatic nitrogens is 1. The van der Waals surface area contributed by atoms with Crippen LogP contribution in [0.5, 0.6) is 5.75 Å². The van der Waals surface area contributed by atoms with Crippen molar-refractivity contribution in [2.24, 2.45) is 5.73 Å². The van der Waals surface area contributed by atoms with E-state index in [1.165, 1.54) is 6.07 Å². The summed E-state index contributed by atoms with van der Waals surface area (Å²) < 4.78 is 5.46. The van der Waals surface area contributed by atoms with E-state index in [1.54, 1.807) is 12.1 Å². The third-order valence-corrected chi connectivity index (χ3v) is 2.61. The van der Waals surface area contributed by atoms with Crippen LogP contribution in [-0.2, 0) is 0 Å². The number of nitrogens with zero attached hydrogens (tertiary/aromatic N) is 1. The second-order valence-corrected chi connectivity index (χ2v) is 3.85. The highest BCUT2D eigenvalue weighted by Crippen LogP contribution is 2.29. The molecule has 0 aliphatic rings. The monoisotopic (exact) mass is 250 g/mol. The molecule has 0 saturated heterocycles. The van der Waals surface area contributed by atoms with Crippen molar-refractivity contribution in [3.05, 3.63) is 35.0 Å². The quantitative estimate of drug-likeness (QED) is 0.910. The zero-order valence-electron chi connectivity index (χ0n) is 9.24. The third-order valence-electron chi connectivity index (χ3n) is 2.30. The van der Waals surface area contributed by atoms with E-state index in [4.69, 9.17) is 22.1 Å². The molecule has 0 bridgehead atoms. The van der Waals surface area contributed by atoms with Crippen LogP contribution in [0.4, 0.5) is 0 Å². The molecule has 0 radical (unpaired) electrons. The van der Waals surface area contributed by atoms with Gasteiger partial charge >= 0.3 is 0 Å². The molecule has 0 aliphatic heterocycles. The van der Waals surface area contributed by atoms with Crippen molar-refractivity contribution in [2.45, 2.75) is 6.92 Å². The summed E-state index contributed by atoms with van der Waals surface area (Å²) in [6.45, 7) is 2.35. The minimum absolute atomic E-state index is 0.147. The van der Waals surface area contributed by atoms with Crippen molar-refractivity contribution < 1.29 is 9.53 Å². The van der Waals surface area contributed by atoms with Gasteiger partial charge in [0.25, 0.3) is 5.91 Å². The molecule has 1 heterocycles. The number of ether oxygens (including phenoxy) is 1. The van der Waals surface area contributed by atoms with E-state index in [0.717, 1.165) is 5.39 Å². The Hall–Kier alpha value is -1.81. The molecular weight excluding hydrogens is 240 g/mol. The van der Waals surface area contributed by atoms with Gasteiger partial charge in [0.15, 0.2) is 0 Å². The van der Waals surface area contributed by atoms with E-state index < -0.39 is 5.91 Å². The van der Waals surface area contributed by atoms with Gasteiger partial charge in [0, 0.05) is 11.5 Å². The summed E-state index contributed by atoms with van der Waals surface area (Å²) in [6, 6.07) is 6.88. The molecule has 2 N–H and O–H groups in total. The number of hydrogen-bond donors (Lipinski definition) is 1. The number of rotatable bonds is 3. The Morgan fingerprint density at radius 2 is 2.29 bits per heavy atom. The van der Waals surface area contributed by atoms with Crippen molar-refractivity contribution in [3.8, 4) is 5.75 Å². The Morgan fingerprint density at radius 1 is 1.53 bits per heavy atom. The normalized spacial score (nSPS) is 10.5. The maximum absolute atomic E-state index is 11.2. The number of amides is 1. The summed E-state index contributed by atoms with van der Waals surface area (Å²) in [5.41, 5.74) is 5.89. The highest BCUT2D eigenvalue weighted by molar-refractivity contribution is 6.35. The molecule has 1 aromatic heterocycles. The first-order chi connectivity index (χ1) is 8.13. The van der Waals surface area contributed by atoms with Crippen LogP contribution in [0.3, 0.4) is 0 Å². The number of benzene rings is 1. The molecule has 2 aromatic rings. The molecule has 0 saturated carbocycles. The zero-order chi connectivity index (χ0) is 12.4. The maximum Gasteiger partial charge on any atom is 0.267 e. The maximum atomic E-state index is 11.2. The Kier molecular flexibility index (Phi) is 3.15. The molecule has 0 spiro atoms. The summed E-state index contributed by atoms with van der Waals surface area (Å²) in [4.78, 5) is 15.3. The topological polar surface area (TPSA) is 65.2 Å². The van der Waals surface area contributed by atoms with E-state index in [2.05, 4.69) is 4.98 Å². The van der Waals surface area contributed by atoms with E-state index in [9.17, 15) is 4.79 Å². The number of pyridine rings is 1. The highest BCUT2D eigenvalue weighted by Gasteiger charge is 2.12. The standard InChI is InChI=1S/C12H11ClN2O2/c1-2-17-10-6-9(12(14)16)15-11-7(10)4-3-5-8(11)13/h3-6H,2H2,1H3,(H2,14,16). The van der Waals surface area contributed by atoms with Gasteiger partial charge in [0.05, 0.1) is 17.1 Å². The molecule has 0 fully saturated rings. The fourth-order valence-corrected chi connectivity index (χ4v) is 1.80. The highest BCUT2D eigenvalue weighted by atomic mass is 35.5. The lowest BCUT2D eigenvalue weighted by Crippen LogP contribution is -2.13. The Balaban J connectivity index is 2.76. The van der Waals surface area contributed by atoms with Crippen LogP contribution >= 0.6 is 11.6 Å². The largest absolute Gasteiger partial charge is 0.493 e. The minimum atomic E-state index is -0.604. The molecule has 88 valence electrons. The molecule has 0 atom stereocenters. The van der Waals surface area contributed by atoms with Gasteiger partial charge in [-0.3, -0.25) is 4.79 Å². The van der Waals surface area contributed by atoms with Crippen molar-refractivity contribution >= 4 is 28.4 Å². The van der Waals surface area contributed by atoms with E-state index in [1.807, 2.05) is 13.0 Å². The van der Waals surface area contributed by atoms with Gasteiger partial charge in [-0.2, -0.15) is 0 Å². The predicted octanol–water partition coefficient (Wildman–Crippen LogP) is 2.39. The second kappa shape index (κ2) is 4.59. The average Bonchev–Trinajstić information content (AvgIpc) is 2.30. The molecule has 17 heavy (non-hydrogen) atoms. The number of nitrogens with two attached hydrogens (primary N) is 1. The summed E-state index contributed by atoms with van der Waals surface area (Å²) in [5, 5.41) is 1.23. The summed E-state index contributed by atoms with van der Waals surface area (Å²) >= 11 is 6.04. The van der Waals surface area contributed by atoms with Crippen molar-refractivity contribution in [1.29, 1.82) is 0 Å². The Labute approximate surface area is 103 Å². The molecule has 5 heteroatoms. The molecule has 2 rings (SSSR count). The first-order valence-corrected chi connectivity index (χ1v) is 5.53. The third kappa shape index (κ3) is 2.17. The van der Waals surface area contributed by atoms with Gasteiger partial charge < -0.3 is 10.5 Å². The van der Waals surface area contributed by atoms with Gasteiger partial charge in [-0.1, -0.05) is 17.7 Å². The van der Waals surface area contributed by atoms with Crippen molar-refractivity contribution in [2.75, 3.05) is 6.61 Å². The number of hydrogen-bond acceptors (Lipinski definition) is 3.